The highest BCUT2D eigenvalue weighted by Gasteiger charge is 2.15. The van der Waals surface area contributed by atoms with Gasteiger partial charge in [-0.05, 0) is 39.4 Å². The van der Waals surface area contributed by atoms with Crippen molar-refractivity contribution in [1.82, 2.24) is 19.8 Å². The van der Waals surface area contributed by atoms with Gasteiger partial charge in [-0.25, -0.2) is 4.98 Å². The van der Waals surface area contributed by atoms with Crippen molar-refractivity contribution in [3.05, 3.63) is 18.7 Å². The van der Waals surface area contributed by atoms with E-state index in [4.69, 9.17) is 0 Å². The molecule has 1 atom stereocenters. The molecule has 1 aliphatic rings. The minimum absolute atomic E-state index is 0.696. The summed E-state index contributed by atoms with van der Waals surface area (Å²) in [6, 6.07) is 0.696. The first-order valence-corrected chi connectivity index (χ1v) is 6.22. The van der Waals surface area contributed by atoms with E-state index >= 15 is 0 Å². The van der Waals surface area contributed by atoms with Crippen LogP contribution in [0, 0.1) is 0 Å². The lowest BCUT2D eigenvalue weighted by Gasteiger charge is -2.30. The third-order valence-corrected chi connectivity index (χ3v) is 3.21. The second-order valence-corrected chi connectivity index (χ2v) is 4.71. The first-order chi connectivity index (χ1) is 7.84. The van der Waals surface area contributed by atoms with Crippen molar-refractivity contribution in [2.45, 2.75) is 31.8 Å². The first kappa shape index (κ1) is 11.6. The standard InChI is InChI=1S/C12H22N4/c1-15-7-2-4-12(10-15)14-5-3-8-16-9-6-13-11-16/h6,9,11-12,14H,2-5,7-8,10H2,1H3. The van der Waals surface area contributed by atoms with Crippen LogP contribution in [0.5, 0.6) is 0 Å². The minimum atomic E-state index is 0.696. The number of piperidine rings is 1. The molecular weight excluding hydrogens is 200 g/mol. The molecule has 2 rings (SSSR count). The Morgan fingerprint density at radius 3 is 3.19 bits per heavy atom. The molecule has 0 aliphatic carbocycles. The van der Waals surface area contributed by atoms with E-state index < -0.39 is 0 Å². The first-order valence-electron chi connectivity index (χ1n) is 6.22. The molecular formula is C12H22N4. The molecule has 0 radical (unpaired) electrons. The molecule has 90 valence electrons. The van der Waals surface area contributed by atoms with Gasteiger partial charge in [0.25, 0.3) is 0 Å². The van der Waals surface area contributed by atoms with Crippen LogP contribution in [0.3, 0.4) is 0 Å². The third-order valence-electron chi connectivity index (χ3n) is 3.21. The molecule has 1 aromatic rings. The van der Waals surface area contributed by atoms with Crippen LogP contribution in [0.25, 0.3) is 0 Å². The Labute approximate surface area is 97.7 Å². The monoisotopic (exact) mass is 222 g/mol. The average Bonchev–Trinajstić information content (AvgIpc) is 2.77. The van der Waals surface area contributed by atoms with Crippen molar-refractivity contribution in [2.75, 3.05) is 26.7 Å². The maximum Gasteiger partial charge on any atom is 0.0945 e. The van der Waals surface area contributed by atoms with Gasteiger partial charge in [-0.15, -0.1) is 0 Å². The summed E-state index contributed by atoms with van der Waals surface area (Å²) in [6.45, 7) is 4.63. The summed E-state index contributed by atoms with van der Waals surface area (Å²) in [5, 5.41) is 3.64. The van der Waals surface area contributed by atoms with E-state index in [9.17, 15) is 0 Å². The van der Waals surface area contributed by atoms with E-state index in [1.807, 2.05) is 18.7 Å². The highest BCUT2D eigenvalue weighted by molar-refractivity contribution is 4.77. The summed E-state index contributed by atoms with van der Waals surface area (Å²) in [4.78, 5) is 6.45. The van der Waals surface area contributed by atoms with E-state index in [0.717, 1.165) is 13.1 Å². The lowest BCUT2D eigenvalue weighted by Crippen LogP contribution is -2.44. The zero-order valence-electron chi connectivity index (χ0n) is 10.1. The molecule has 1 aliphatic heterocycles. The van der Waals surface area contributed by atoms with E-state index in [-0.39, 0.29) is 0 Å². The van der Waals surface area contributed by atoms with Crippen molar-refractivity contribution >= 4 is 0 Å². The maximum absolute atomic E-state index is 4.04. The number of aromatic nitrogens is 2. The second-order valence-electron chi connectivity index (χ2n) is 4.71. The SMILES string of the molecule is CN1CCCC(NCCCn2ccnc2)C1. The van der Waals surface area contributed by atoms with Crippen LogP contribution < -0.4 is 5.32 Å². The number of hydrogen-bond donors (Lipinski definition) is 1. The van der Waals surface area contributed by atoms with Gasteiger partial charge in [0.05, 0.1) is 6.33 Å². The largest absolute Gasteiger partial charge is 0.337 e. The maximum atomic E-state index is 4.04. The smallest absolute Gasteiger partial charge is 0.0945 e. The molecule has 1 saturated heterocycles. The summed E-state index contributed by atoms with van der Waals surface area (Å²) in [5.41, 5.74) is 0. The number of likely N-dealkylation sites (N-methyl/N-ethyl adjacent to an activating group) is 1. The molecule has 1 aromatic heterocycles. The van der Waals surface area contributed by atoms with Gasteiger partial charge in [0, 0.05) is 31.5 Å². The van der Waals surface area contributed by atoms with Crippen molar-refractivity contribution < 1.29 is 0 Å². The van der Waals surface area contributed by atoms with Gasteiger partial charge >= 0.3 is 0 Å². The number of aryl methyl sites for hydroxylation is 1. The molecule has 4 nitrogen and oxygen atoms in total. The zero-order valence-corrected chi connectivity index (χ0v) is 10.1. The fourth-order valence-electron chi connectivity index (χ4n) is 2.32. The molecule has 16 heavy (non-hydrogen) atoms. The molecule has 0 spiro atoms. The third kappa shape index (κ3) is 3.61. The topological polar surface area (TPSA) is 33.1 Å². The van der Waals surface area contributed by atoms with Gasteiger partial charge in [-0.2, -0.15) is 0 Å². The molecule has 1 N–H and O–H groups in total. The van der Waals surface area contributed by atoms with E-state index in [2.05, 4.69) is 26.8 Å². The summed E-state index contributed by atoms with van der Waals surface area (Å²) < 4.78 is 2.13. The minimum Gasteiger partial charge on any atom is -0.337 e. The predicted molar refractivity (Wildman–Crippen MR) is 65.4 cm³/mol. The highest BCUT2D eigenvalue weighted by Crippen LogP contribution is 2.07. The summed E-state index contributed by atoms with van der Waals surface area (Å²) >= 11 is 0. The number of likely N-dealkylation sites (tertiary alicyclic amines) is 1. The molecule has 0 amide bonds. The molecule has 1 fully saturated rings. The molecule has 4 heteroatoms. The van der Waals surface area contributed by atoms with Crippen molar-refractivity contribution in [1.29, 1.82) is 0 Å². The zero-order chi connectivity index (χ0) is 11.2. The van der Waals surface area contributed by atoms with E-state index in [1.54, 1.807) is 0 Å². The Balaban J connectivity index is 1.57. The van der Waals surface area contributed by atoms with Gasteiger partial charge in [0.2, 0.25) is 0 Å². The number of rotatable bonds is 5. The van der Waals surface area contributed by atoms with Crippen LogP contribution in [0.15, 0.2) is 18.7 Å². The Morgan fingerprint density at radius 2 is 2.44 bits per heavy atom. The van der Waals surface area contributed by atoms with Crippen LogP contribution in [0.4, 0.5) is 0 Å². The Bertz CT molecular complexity index is 283. The van der Waals surface area contributed by atoms with E-state index in [1.165, 1.54) is 32.4 Å². The van der Waals surface area contributed by atoms with Crippen LogP contribution in [0.1, 0.15) is 19.3 Å². The van der Waals surface area contributed by atoms with Crippen LogP contribution in [-0.2, 0) is 6.54 Å². The van der Waals surface area contributed by atoms with Crippen LogP contribution in [-0.4, -0.2) is 47.2 Å². The van der Waals surface area contributed by atoms with Gasteiger partial charge in [-0.3, -0.25) is 0 Å². The van der Waals surface area contributed by atoms with Gasteiger partial charge in [0.15, 0.2) is 0 Å². The molecule has 0 bridgehead atoms. The van der Waals surface area contributed by atoms with Crippen molar-refractivity contribution in [3.63, 3.8) is 0 Å². The molecule has 0 saturated carbocycles. The molecule has 0 aromatic carbocycles. The van der Waals surface area contributed by atoms with Crippen molar-refractivity contribution in [2.24, 2.45) is 0 Å². The van der Waals surface area contributed by atoms with Gasteiger partial charge in [-0.1, -0.05) is 0 Å². The molecule has 2 heterocycles. The Hall–Kier alpha value is -0.870. The number of nitrogens with one attached hydrogen (secondary N) is 1. The summed E-state index contributed by atoms with van der Waals surface area (Å²) in [6.07, 6.45) is 9.58. The fourth-order valence-corrected chi connectivity index (χ4v) is 2.32. The lowest BCUT2D eigenvalue weighted by molar-refractivity contribution is 0.227. The van der Waals surface area contributed by atoms with Crippen LogP contribution >= 0.6 is 0 Å². The summed E-state index contributed by atoms with van der Waals surface area (Å²) in [7, 11) is 2.21. The summed E-state index contributed by atoms with van der Waals surface area (Å²) in [5.74, 6) is 0. The van der Waals surface area contributed by atoms with E-state index in [0.29, 0.717) is 6.04 Å². The van der Waals surface area contributed by atoms with Gasteiger partial charge in [0.1, 0.15) is 0 Å². The van der Waals surface area contributed by atoms with Crippen molar-refractivity contribution in [3.8, 4) is 0 Å². The lowest BCUT2D eigenvalue weighted by atomic mass is 10.1. The second kappa shape index (κ2) is 6.01. The number of imidazole rings is 1. The molecule has 1 unspecified atom stereocenters. The Morgan fingerprint density at radius 1 is 1.50 bits per heavy atom. The van der Waals surface area contributed by atoms with Gasteiger partial charge < -0.3 is 14.8 Å². The average molecular weight is 222 g/mol. The number of hydrogen-bond acceptors (Lipinski definition) is 3. The fraction of sp³-hybridized carbons (Fsp3) is 0.750. The van der Waals surface area contributed by atoms with Crippen LogP contribution in [0.2, 0.25) is 0 Å². The number of nitrogens with zero attached hydrogens (tertiary/aromatic N) is 3. The quantitative estimate of drug-likeness (QED) is 0.753. The highest BCUT2D eigenvalue weighted by atomic mass is 15.1. The normalized spacial score (nSPS) is 22.4. The predicted octanol–water partition coefficient (Wildman–Crippen LogP) is 0.957. The Kier molecular flexibility index (Phi) is 4.36.